The Kier molecular flexibility index (Phi) is 8.14. The van der Waals surface area contributed by atoms with Crippen LogP contribution in [0.15, 0.2) is 48.5 Å². The number of carbonyl (C=O) groups excluding carboxylic acids is 2. The van der Waals surface area contributed by atoms with Crippen molar-refractivity contribution in [2.45, 2.75) is 38.6 Å². The third-order valence-corrected chi connectivity index (χ3v) is 4.37. The number of nitrogens with one attached hydrogen (secondary N) is 1. The minimum absolute atomic E-state index is 0.0396. The Morgan fingerprint density at radius 1 is 1.00 bits per heavy atom. The van der Waals surface area contributed by atoms with E-state index >= 15 is 0 Å². The van der Waals surface area contributed by atoms with Crippen molar-refractivity contribution in [2.24, 2.45) is 0 Å². The summed E-state index contributed by atoms with van der Waals surface area (Å²) in [5.41, 5.74) is 3.22. The molecule has 4 nitrogen and oxygen atoms in total. The number of rotatable bonds is 10. The van der Waals surface area contributed by atoms with Gasteiger partial charge in [-0.05, 0) is 48.1 Å². The van der Waals surface area contributed by atoms with Crippen molar-refractivity contribution in [3.05, 3.63) is 71.0 Å². The molecule has 0 aliphatic carbocycles. The number of methoxy groups -OCH3 is 1. The van der Waals surface area contributed by atoms with E-state index in [1.54, 1.807) is 12.1 Å². The van der Waals surface area contributed by atoms with E-state index in [4.69, 9.17) is 4.74 Å². The first-order valence-electron chi connectivity index (χ1n) is 9.09. The molecule has 0 aliphatic rings. The van der Waals surface area contributed by atoms with Crippen molar-refractivity contribution in [3.8, 4) is 0 Å². The molecule has 0 aliphatic heterocycles. The van der Waals surface area contributed by atoms with E-state index in [1.807, 2.05) is 30.3 Å². The number of benzene rings is 2. The zero-order chi connectivity index (χ0) is 19.6. The molecule has 1 atom stereocenters. The summed E-state index contributed by atoms with van der Waals surface area (Å²) >= 11 is 0. The third-order valence-electron chi connectivity index (χ3n) is 4.37. The Labute approximate surface area is 159 Å². The van der Waals surface area contributed by atoms with Crippen LogP contribution in [0.3, 0.4) is 0 Å². The lowest BCUT2D eigenvalue weighted by atomic mass is 10.00. The van der Waals surface area contributed by atoms with E-state index in [0.717, 1.165) is 24.0 Å². The van der Waals surface area contributed by atoms with Crippen molar-refractivity contribution in [2.75, 3.05) is 13.7 Å². The van der Waals surface area contributed by atoms with Crippen molar-refractivity contribution in [1.29, 1.82) is 0 Å². The van der Waals surface area contributed by atoms with Crippen molar-refractivity contribution >= 4 is 11.7 Å². The molecule has 0 saturated heterocycles. The number of aryl methyl sites for hydroxylation is 3. The van der Waals surface area contributed by atoms with Gasteiger partial charge in [0.05, 0.1) is 6.61 Å². The maximum absolute atomic E-state index is 13.2. The van der Waals surface area contributed by atoms with Crippen LogP contribution in [0.5, 0.6) is 0 Å². The normalized spacial score (nSPS) is 11.8. The van der Waals surface area contributed by atoms with Gasteiger partial charge >= 0.3 is 0 Å². The molecule has 0 unspecified atom stereocenters. The monoisotopic (exact) mass is 371 g/mol. The predicted molar refractivity (Wildman–Crippen MR) is 103 cm³/mol. The van der Waals surface area contributed by atoms with Crippen LogP contribution in [0.25, 0.3) is 0 Å². The number of amides is 1. The van der Waals surface area contributed by atoms with Gasteiger partial charge in [-0.2, -0.15) is 0 Å². The molecule has 1 amide bonds. The maximum Gasteiger partial charge on any atom is 0.217 e. The zero-order valence-corrected chi connectivity index (χ0v) is 15.8. The topological polar surface area (TPSA) is 55.4 Å². The van der Waals surface area contributed by atoms with Crippen molar-refractivity contribution < 1.29 is 18.7 Å². The molecule has 0 aromatic heterocycles. The molecule has 0 heterocycles. The Morgan fingerprint density at radius 2 is 1.63 bits per heavy atom. The lowest BCUT2D eigenvalue weighted by molar-refractivity contribution is -0.128. The third kappa shape index (κ3) is 7.31. The van der Waals surface area contributed by atoms with E-state index in [1.165, 1.54) is 25.7 Å². The van der Waals surface area contributed by atoms with Crippen LogP contribution in [0.1, 0.15) is 30.0 Å². The van der Waals surface area contributed by atoms with Gasteiger partial charge < -0.3 is 10.1 Å². The van der Waals surface area contributed by atoms with Crippen LogP contribution in [0, 0.1) is 5.82 Å². The molecule has 0 bridgehead atoms. The molecular formula is C22H26FNO3. The fraction of sp³-hybridized carbons (Fsp3) is 0.364. The number of halogens is 1. The Bertz CT molecular complexity index is 758. The summed E-state index contributed by atoms with van der Waals surface area (Å²) in [5.74, 6) is -0.492. The summed E-state index contributed by atoms with van der Waals surface area (Å²) < 4.78 is 18.2. The van der Waals surface area contributed by atoms with E-state index in [2.05, 4.69) is 5.32 Å². The molecule has 0 saturated carbocycles. The largest absolute Gasteiger partial charge is 0.382 e. The average molecular weight is 371 g/mol. The van der Waals surface area contributed by atoms with Gasteiger partial charge in [-0.15, -0.1) is 0 Å². The minimum Gasteiger partial charge on any atom is -0.382 e. The highest BCUT2D eigenvalue weighted by Crippen LogP contribution is 2.12. The van der Waals surface area contributed by atoms with Crippen LogP contribution in [-0.2, 0) is 33.6 Å². The molecule has 144 valence electrons. The highest BCUT2D eigenvalue weighted by atomic mass is 19.1. The van der Waals surface area contributed by atoms with Crippen LogP contribution in [-0.4, -0.2) is 31.4 Å². The van der Waals surface area contributed by atoms with E-state index in [9.17, 15) is 14.0 Å². The zero-order valence-electron chi connectivity index (χ0n) is 15.8. The molecule has 27 heavy (non-hydrogen) atoms. The van der Waals surface area contributed by atoms with Crippen molar-refractivity contribution in [3.63, 3.8) is 0 Å². The molecule has 2 rings (SSSR count). The second-order valence-corrected chi connectivity index (χ2v) is 6.62. The van der Waals surface area contributed by atoms with Crippen LogP contribution in [0.4, 0.5) is 4.39 Å². The summed E-state index contributed by atoms with van der Waals surface area (Å²) in [5, 5.41) is 2.62. The quantitative estimate of drug-likeness (QED) is 0.697. The number of ether oxygens (including phenoxy) is 1. The van der Waals surface area contributed by atoms with Crippen LogP contribution in [0.2, 0.25) is 0 Å². The van der Waals surface area contributed by atoms with Gasteiger partial charge in [-0.25, -0.2) is 4.39 Å². The number of Topliss-reactive ketones (excluding diaryl/α,β-unsaturated/α-hetero) is 1. The average Bonchev–Trinajstić information content (AvgIpc) is 2.64. The fourth-order valence-corrected chi connectivity index (χ4v) is 2.92. The van der Waals surface area contributed by atoms with Crippen LogP contribution < -0.4 is 5.32 Å². The minimum atomic E-state index is -0.599. The first kappa shape index (κ1) is 20.8. The van der Waals surface area contributed by atoms with E-state index in [-0.39, 0.29) is 24.1 Å². The van der Waals surface area contributed by atoms with Gasteiger partial charge in [0.25, 0.3) is 0 Å². The van der Waals surface area contributed by atoms with E-state index in [0.29, 0.717) is 12.8 Å². The molecule has 2 aromatic carbocycles. The molecule has 0 spiro atoms. The second kappa shape index (κ2) is 10.6. The Hall–Kier alpha value is -2.53. The molecule has 0 fully saturated rings. The first-order chi connectivity index (χ1) is 13.0. The molecular weight excluding hydrogens is 345 g/mol. The highest BCUT2D eigenvalue weighted by Gasteiger charge is 2.18. The first-order valence-corrected chi connectivity index (χ1v) is 9.09. The van der Waals surface area contributed by atoms with Crippen LogP contribution >= 0.6 is 0 Å². The molecule has 1 N–H and O–H groups in total. The number of ketones is 1. The summed E-state index contributed by atoms with van der Waals surface area (Å²) in [6.07, 6.45) is 2.58. The fourth-order valence-electron chi connectivity index (χ4n) is 2.92. The van der Waals surface area contributed by atoms with Gasteiger partial charge in [0.15, 0.2) is 5.78 Å². The van der Waals surface area contributed by atoms with Gasteiger partial charge in [0.2, 0.25) is 5.91 Å². The Morgan fingerprint density at radius 3 is 2.22 bits per heavy atom. The number of hydrogen-bond acceptors (Lipinski definition) is 3. The predicted octanol–water partition coefficient (Wildman–Crippen LogP) is 3.26. The second-order valence-electron chi connectivity index (χ2n) is 6.62. The van der Waals surface area contributed by atoms with Gasteiger partial charge in [0.1, 0.15) is 11.9 Å². The standard InChI is InChI=1S/C22H26FNO3/c1-16(25)24-21(15-27-2)22(26)13-12-18-8-6-17(7-9-18)10-11-19-4-3-5-20(23)14-19/h3-9,14,21H,10-13,15H2,1-2H3,(H,24,25)/t21-/m1/s1. The highest BCUT2D eigenvalue weighted by molar-refractivity contribution is 5.88. The summed E-state index contributed by atoms with van der Waals surface area (Å²) in [7, 11) is 1.50. The van der Waals surface area contributed by atoms with Crippen molar-refractivity contribution in [1.82, 2.24) is 5.32 Å². The smallest absolute Gasteiger partial charge is 0.217 e. The molecule has 2 aromatic rings. The van der Waals surface area contributed by atoms with E-state index < -0.39 is 6.04 Å². The van der Waals surface area contributed by atoms with Gasteiger partial charge in [0, 0.05) is 20.5 Å². The van der Waals surface area contributed by atoms with Gasteiger partial charge in [-0.1, -0.05) is 36.4 Å². The summed E-state index contributed by atoms with van der Waals surface area (Å²) in [4.78, 5) is 23.5. The Balaban J connectivity index is 1.84. The molecule has 0 radical (unpaired) electrons. The molecule has 5 heteroatoms. The van der Waals surface area contributed by atoms with Gasteiger partial charge in [-0.3, -0.25) is 9.59 Å². The SMILES string of the molecule is COC[C@@H](NC(C)=O)C(=O)CCc1ccc(CCc2cccc(F)c2)cc1. The lowest BCUT2D eigenvalue weighted by Crippen LogP contribution is -2.43. The number of hydrogen-bond donors (Lipinski definition) is 1. The maximum atomic E-state index is 13.2. The summed E-state index contributed by atoms with van der Waals surface area (Å²) in [6, 6.07) is 14.2. The summed E-state index contributed by atoms with van der Waals surface area (Å²) in [6.45, 7) is 1.57. The lowest BCUT2D eigenvalue weighted by Gasteiger charge is -2.15. The number of carbonyl (C=O) groups is 2.